The number of carbonyl (C=O) groups is 2. The van der Waals surface area contributed by atoms with Gasteiger partial charge in [0.2, 0.25) is 0 Å². The monoisotopic (exact) mass is 278 g/mol. The Kier molecular flexibility index (Phi) is 4.70. The molecule has 108 valence electrons. The number of rotatable bonds is 6. The molecule has 0 fully saturated rings. The Balaban J connectivity index is 2.15. The summed E-state index contributed by atoms with van der Waals surface area (Å²) < 4.78 is 4.92. The summed E-state index contributed by atoms with van der Waals surface area (Å²) in [5, 5.41) is 12.1. The molecule has 1 amide bonds. The molecule has 1 aliphatic heterocycles. The van der Waals surface area contributed by atoms with Crippen LogP contribution in [-0.2, 0) is 22.6 Å². The van der Waals surface area contributed by atoms with Gasteiger partial charge >= 0.3 is 5.97 Å². The molecule has 1 aromatic rings. The Labute approximate surface area is 117 Å². The van der Waals surface area contributed by atoms with Gasteiger partial charge in [0.1, 0.15) is 6.54 Å². The number of hydrogen-bond acceptors (Lipinski definition) is 4. The maximum atomic E-state index is 12.4. The molecule has 0 saturated carbocycles. The Morgan fingerprint density at radius 3 is 2.80 bits per heavy atom. The molecule has 0 saturated heterocycles. The van der Waals surface area contributed by atoms with Crippen molar-refractivity contribution in [2.75, 3.05) is 26.8 Å². The summed E-state index contributed by atoms with van der Waals surface area (Å²) in [5.74, 6) is -1.31. The fourth-order valence-corrected chi connectivity index (χ4v) is 2.23. The predicted molar refractivity (Wildman–Crippen MR) is 72.4 cm³/mol. The van der Waals surface area contributed by atoms with Gasteiger partial charge in [-0.25, -0.2) is 0 Å². The summed E-state index contributed by atoms with van der Waals surface area (Å²) >= 11 is 0. The molecule has 2 rings (SSSR count). The minimum absolute atomic E-state index is 0.261. The normalized spacial score (nSPS) is 13.1. The second kappa shape index (κ2) is 6.49. The van der Waals surface area contributed by atoms with Crippen molar-refractivity contribution >= 4 is 11.9 Å². The zero-order valence-electron chi connectivity index (χ0n) is 11.4. The quantitative estimate of drug-likeness (QED) is 0.790. The van der Waals surface area contributed by atoms with E-state index in [1.807, 2.05) is 12.1 Å². The Morgan fingerprint density at radius 1 is 1.35 bits per heavy atom. The number of benzene rings is 1. The van der Waals surface area contributed by atoms with Gasteiger partial charge in [-0.3, -0.25) is 9.59 Å². The summed E-state index contributed by atoms with van der Waals surface area (Å²) in [6.45, 7) is 1.81. The third-order valence-electron chi connectivity index (χ3n) is 3.26. The topological polar surface area (TPSA) is 78.9 Å². The molecule has 20 heavy (non-hydrogen) atoms. The lowest BCUT2D eigenvalue weighted by Gasteiger charge is -2.20. The van der Waals surface area contributed by atoms with Crippen molar-refractivity contribution in [3.8, 4) is 0 Å². The zero-order chi connectivity index (χ0) is 14.5. The molecule has 0 bridgehead atoms. The highest BCUT2D eigenvalue weighted by molar-refractivity contribution is 5.96. The lowest BCUT2D eigenvalue weighted by atomic mass is 10.1. The van der Waals surface area contributed by atoms with Crippen LogP contribution >= 0.6 is 0 Å². The van der Waals surface area contributed by atoms with Crippen LogP contribution in [0.4, 0.5) is 0 Å². The number of nitrogens with one attached hydrogen (secondary N) is 1. The third kappa shape index (κ3) is 3.34. The number of carboxylic acids is 1. The van der Waals surface area contributed by atoms with E-state index in [9.17, 15) is 9.59 Å². The van der Waals surface area contributed by atoms with E-state index in [0.29, 0.717) is 12.2 Å². The van der Waals surface area contributed by atoms with Crippen molar-refractivity contribution in [2.45, 2.75) is 13.1 Å². The number of ether oxygens (including phenoxy) is 1. The van der Waals surface area contributed by atoms with Crippen LogP contribution in [0, 0.1) is 0 Å². The third-order valence-corrected chi connectivity index (χ3v) is 3.26. The van der Waals surface area contributed by atoms with Crippen molar-refractivity contribution in [1.82, 2.24) is 10.2 Å². The minimum atomic E-state index is -1.03. The predicted octanol–water partition coefficient (Wildman–Crippen LogP) is 0.463. The van der Waals surface area contributed by atoms with Gasteiger partial charge in [0, 0.05) is 32.3 Å². The molecular formula is C14H18N2O4. The van der Waals surface area contributed by atoms with Gasteiger partial charge in [-0.15, -0.1) is 0 Å². The Morgan fingerprint density at radius 2 is 2.10 bits per heavy atom. The number of carboxylic acid groups (broad SMARTS) is 1. The van der Waals surface area contributed by atoms with Crippen LogP contribution in [0.3, 0.4) is 0 Å². The standard InChI is InChI=1S/C14H18N2O4/c1-20-5-4-16(9-13(17)18)14(19)10-2-3-11-7-15-8-12(11)6-10/h2-3,6,15H,4-5,7-9H2,1H3,(H,17,18). The number of nitrogens with zero attached hydrogens (tertiary/aromatic N) is 1. The van der Waals surface area contributed by atoms with E-state index < -0.39 is 5.97 Å². The number of amides is 1. The molecular weight excluding hydrogens is 260 g/mol. The first-order valence-electron chi connectivity index (χ1n) is 6.44. The maximum absolute atomic E-state index is 12.4. The average molecular weight is 278 g/mol. The highest BCUT2D eigenvalue weighted by Crippen LogP contribution is 2.18. The first-order valence-corrected chi connectivity index (χ1v) is 6.44. The van der Waals surface area contributed by atoms with Crippen molar-refractivity contribution < 1.29 is 19.4 Å². The van der Waals surface area contributed by atoms with E-state index in [-0.39, 0.29) is 19.0 Å². The lowest BCUT2D eigenvalue weighted by Crippen LogP contribution is -2.38. The molecule has 0 atom stereocenters. The van der Waals surface area contributed by atoms with E-state index in [0.717, 1.165) is 18.7 Å². The molecule has 2 N–H and O–H groups in total. The van der Waals surface area contributed by atoms with Gasteiger partial charge < -0.3 is 20.1 Å². The molecule has 1 heterocycles. The van der Waals surface area contributed by atoms with Crippen LogP contribution in [0.15, 0.2) is 18.2 Å². The van der Waals surface area contributed by atoms with E-state index in [2.05, 4.69) is 5.32 Å². The van der Waals surface area contributed by atoms with Gasteiger partial charge in [0.25, 0.3) is 5.91 Å². The summed E-state index contributed by atoms with van der Waals surface area (Å²) in [7, 11) is 1.52. The largest absolute Gasteiger partial charge is 0.480 e. The molecule has 6 nitrogen and oxygen atoms in total. The van der Waals surface area contributed by atoms with Crippen LogP contribution in [0.1, 0.15) is 21.5 Å². The van der Waals surface area contributed by atoms with Crippen LogP contribution in [0.25, 0.3) is 0 Å². The van der Waals surface area contributed by atoms with Crippen molar-refractivity contribution in [1.29, 1.82) is 0 Å². The number of fused-ring (bicyclic) bond motifs is 1. The van der Waals surface area contributed by atoms with Crippen LogP contribution < -0.4 is 5.32 Å². The van der Waals surface area contributed by atoms with Crippen LogP contribution in [0.5, 0.6) is 0 Å². The van der Waals surface area contributed by atoms with Crippen molar-refractivity contribution in [3.63, 3.8) is 0 Å². The summed E-state index contributed by atoms with van der Waals surface area (Å²) in [5.41, 5.74) is 2.80. The summed E-state index contributed by atoms with van der Waals surface area (Å²) in [4.78, 5) is 24.5. The minimum Gasteiger partial charge on any atom is -0.480 e. The summed E-state index contributed by atoms with van der Waals surface area (Å²) in [6, 6.07) is 5.49. The molecule has 0 spiro atoms. The highest BCUT2D eigenvalue weighted by Gasteiger charge is 2.20. The van der Waals surface area contributed by atoms with E-state index in [4.69, 9.17) is 9.84 Å². The number of aliphatic carboxylic acids is 1. The molecule has 1 aliphatic rings. The van der Waals surface area contributed by atoms with Gasteiger partial charge in [0.05, 0.1) is 6.61 Å². The fourth-order valence-electron chi connectivity index (χ4n) is 2.23. The first kappa shape index (κ1) is 14.5. The second-order valence-electron chi connectivity index (χ2n) is 4.70. The van der Waals surface area contributed by atoms with E-state index in [1.165, 1.54) is 17.6 Å². The maximum Gasteiger partial charge on any atom is 0.323 e. The fraction of sp³-hybridized carbons (Fsp3) is 0.429. The Bertz CT molecular complexity index is 516. The van der Waals surface area contributed by atoms with Crippen LogP contribution in [-0.4, -0.2) is 48.7 Å². The molecule has 6 heteroatoms. The van der Waals surface area contributed by atoms with Gasteiger partial charge in [0.15, 0.2) is 0 Å². The highest BCUT2D eigenvalue weighted by atomic mass is 16.5. The molecule has 1 aromatic carbocycles. The molecule has 0 unspecified atom stereocenters. The van der Waals surface area contributed by atoms with Gasteiger partial charge in [-0.2, -0.15) is 0 Å². The Hall–Kier alpha value is -1.92. The molecule has 0 radical (unpaired) electrons. The van der Waals surface area contributed by atoms with Crippen LogP contribution in [0.2, 0.25) is 0 Å². The smallest absolute Gasteiger partial charge is 0.323 e. The molecule has 0 aromatic heterocycles. The number of carbonyl (C=O) groups excluding carboxylic acids is 1. The number of methoxy groups -OCH3 is 1. The SMILES string of the molecule is COCCN(CC(=O)O)C(=O)c1ccc2c(c1)CNC2. The molecule has 0 aliphatic carbocycles. The zero-order valence-corrected chi connectivity index (χ0v) is 11.4. The van der Waals surface area contributed by atoms with E-state index >= 15 is 0 Å². The van der Waals surface area contributed by atoms with E-state index in [1.54, 1.807) is 6.07 Å². The second-order valence-corrected chi connectivity index (χ2v) is 4.70. The van der Waals surface area contributed by atoms with Crippen molar-refractivity contribution in [3.05, 3.63) is 34.9 Å². The van der Waals surface area contributed by atoms with Crippen molar-refractivity contribution in [2.24, 2.45) is 0 Å². The van der Waals surface area contributed by atoms with Gasteiger partial charge in [-0.1, -0.05) is 6.07 Å². The number of hydrogen-bond donors (Lipinski definition) is 2. The van der Waals surface area contributed by atoms with Gasteiger partial charge in [-0.05, 0) is 23.3 Å². The lowest BCUT2D eigenvalue weighted by molar-refractivity contribution is -0.137. The average Bonchev–Trinajstić information content (AvgIpc) is 2.89. The first-order chi connectivity index (χ1) is 9.61. The summed E-state index contributed by atoms with van der Waals surface area (Å²) in [6.07, 6.45) is 0.